The van der Waals surface area contributed by atoms with Gasteiger partial charge in [-0.3, -0.25) is 14.4 Å². The van der Waals surface area contributed by atoms with Crippen molar-refractivity contribution in [3.63, 3.8) is 0 Å². The number of nitrogens with zero attached hydrogens (tertiary/aromatic N) is 1. The molecule has 0 spiro atoms. The summed E-state index contributed by atoms with van der Waals surface area (Å²) in [5, 5.41) is 2.46. The Bertz CT molecular complexity index is 560. The molecule has 118 valence electrons. The maximum atomic E-state index is 12.3. The Balaban J connectivity index is 2.18. The van der Waals surface area contributed by atoms with Crippen LogP contribution in [0.15, 0.2) is 30.3 Å². The smallest absolute Gasteiger partial charge is 0.325 e. The molecule has 0 saturated carbocycles. The Morgan fingerprint density at radius 1 is 1.36 bits per heavy atom. The molecule has 2 rings (SSSR count). The van der Waals surface area contributed by atoms with E-state index in [0.717, 1.165) is 5.56 Å². The highest BCUT2D eigenvalue weighted by molar-refractivity contribution is 5.88. The molecule has 0 unspecified atom stereocenters. The number of amides is 2. The number of benzene rings is 1. The number of ether oxygens (including phenoxy) is 2. The molecule has 1 N–H and O–H groups in total. The number of nitrogens with one attached hydrogen (secondary N) is 1. The van der Waals surface area contributed by atoms with Crippen LogP contribution in [0.25, 0.3) is 0 Å². The van der Waals surface area contributed by atoms with Gasteiger partial charge >= 0.3 is 5.97 Å². The largest absolute Gasteiger partial charge is 0.468 e. The van der Waals surface area contributed by atoms with Crippen LogP contribution in [-0.2, 0) is 23.9 Å². The Kier molecular flexibility index (Phi) is 5.11. The van der Waals surface area contributed by atoms with E-state index in [1.165, 1.54) is 12.0 Å². The van der Waals surface area contributed by atoms with Gasteiger partial charge in [-0.05, 0) is 5.56 Å². The molecule has 1 aliphatic heterocycles. The molecular formula is C15H18N2O5. The standard InChI is InChI=1S/C15H18N2O5/c1-17-11(18)9-22-14(15(20)16-8-12(19)21-2)13(17)10-6-4-3-5-7-10/h3-7,13-14H,8-9H2,1-2H3,(H,16,20)/t13-,14+/m1/s1. The fraction of sp³-hybridized carbons (Fsp3) is 0.400. The zero-order valence-electron chi connectivity index (χ0n) is 12.4. The molecule has 2 atom stereocenters. The van der Waals surface area contributed by atoms with Gasteiger partial charge in [0.25, 0.3) is 5.91 Å². The van der Waals surface area contributed by atoms with Crippen LogP contribution in [0.2, 0.25) is 0 Å². The van der Waals surface area contributed by atoms with Gasteiger partial charge in [0.15, 0.2) is 6.10 Å². The molecule has 1 aromatic carbocycles. The second kappa shape index (κ2) is 7.04. The fourth-order valence-corrected chi connectivity index (χ4v) is 2.31. The summed E-state index contributed by atoms with van der Waals surface area (Å²) in [5.74, 6) is -1.21. The van der Waals surface area contributed by atoms with Gasteiger partial charge in [-0.25, -0.2) is 0 Å². The van der Waals surface area contributed by atoms with Crippen molar-refractivity contribution >= 4 is 17.8 Å². The predicted octanol–water partition coefficient (Wildman–Crippen LogP) is -0.126. The summed E-state index contributed by atoms with van der Waals surface area (Å²) in [6, 6.07) is 8.60. The molecule has 0 bridgehead atoms. The monoisotopic (exact) mass is 306 g/mol. The van der Waals surface area contributed by atoms with Crippen molar-refractivity contribution < 1.29 is 23.9 Å². The van der Waals surface area contributed by atoms with Gasteiger partial charge in [-0.2, -0.15) is 0 Å². The summed E-state index contributed by atoms with van der Waals surface area (Å²) in [4.78, 5) is 36.7. The minimum Gasteiger partial charge on any atom is -0.468 e. The lowest BCUT2D eigenvalue weighted by Gasteiger charge is -2.38. The van der Waals surface area contributed by atoms with Crippen molar-refractivity contribution in [3.8, 4) is 0 Å². The van der Waals surface area contributed by atoms with E-state index >= 15 is 0 Å². The number of hydrogen-bond donors (Lipinski definition) is 1. The Hall–Kier alpha value is -2.41. The highest BCUT2D eigenvalue weighted by Gasteiger charge is 2.39. The lowest BCUT2D eigenvalue weighted by molar-refractivity contribution is -0.163. The average molecular weight is 306 g/mol. The second-order valence-corrected chi connectivity index (χ2v) is 4.89. The van der Waals surface area contributed by atoms with Crippen molar-refractivity contribution in [2.45, 2.75) is 12.1 Å². The van der Waals surface area contributed by atoms with Crippen LogP contribution in [0, 0.1) is 0 Å². The molecule has 0 aliphatic carbocycles. The first-order chi connectivity index (χ1) is 10.5. The maximum Gasteiger partial charge on any atom is 0.325 e. The molecule has 0 radical (unpaired) electrons. The number of carbonyl (C=O) groups excluding carboxylic acids is 3. The Labute approximate surface area is 128 Å². The van der Waals surface area contributed by atoms with E-state index in [9.17, 15) is 14.4 Å². The van der Waals surface area contributed by atoms with Crippen molar-refractivity contribution in [1.82, 2.24) is 10.2 Å². The van der Waals surface area contributed by atoms with E-state index in [1.54, 1.807) is 7.05 Å². The van der Waals surface area contributed by atoms with Crippen LogP contribution in [-0.4, -0.2) is 56.1 Å². The van der Waals surface area contributed by atoms with Gasteiger partial charge in [0.05, 0.1) is 13.2 Å². The number of rotatable bonds is 4. The first-order valence-corrected chi connectivity index (χ1v) is 6.81. The summed E-state index contributed by atoms with van der Waals surface area (Å²) in [6.45, 7) is -0.412. The molecule has 2 amide bonds. The van der Waals surface area contributed by atoms with Crippen LogP contribution in [0.1, 0.15) is 11.6 Å². The summed E-state index contributed by atoms with van der Waals surface area (Å²) >= 11 is 0. The summed E-state index contributed by atoms with van der Waals surface area (Å²) in [6.07, 6.45) is -0.880. The number of carbonyl (C=O) groups is 3. The number of methoxy groups -OCH3 is 1. The van der Waals surface area contributed by atoms with Crippen molar-refractivity contribution in [2.75, 3.05) is 27.3 Å². The molecule has 0 aromatic heterocycles. The number of esters is 1. The van der Waals surface area contributed by atoms with Crippen molar-refractivity contribution in [1.29, 1.82) is 0 Å². The highest BCUT2D eigenvalue weighted by atomic mass is 16.5. The third-order valence-electron chi connectivity index (χ3n) is 3.52. The highest BCUT2D eigenvalue weighted by Crippen LogP contribution is 2.28. The fourth-order valence-electron chi connectivity index (χ4n) is 2.31. The zero-order valence-corrected chi connectivity index (χ0v) is 12.4. The predicted molar refractivity (Wildman–Crippen MR) is 76.7 cm³/mol. The van der Waals surface area contributed by atoms with Gasteiger partial charge in [-0.15, -0.1) is 0 Å². The molecular weight excluding hydrogens is 288 g/mol. The van der Waals surface area contributed by atoms with Gasteiger partial charge in [0.2, 0.25) is 5.91 Å². The maximum absolute atomic E-state index is 12.3. The molecule has 22 heavy (non-hydrogen) atoms. The van der Waals surface area contributed by atoms with Crippen LogP contribution in [0.4, 0.5) is 0 Å². The summed E-state index contributed by atoms with van der Waals surface area (Å²) in [7, 11) is 2.87. The van der Waals surface area contributed by atoms with E-state index in [4.69, 9.17) is 4.74 Å². The molecule has 1 aromatic rings. The van der Waals surface area contributed by atoms with E-state index in [0.29, 0.717) is 0 Å². The number of morpholine rings is 1. The average Bonchev–Trinajstić information content (AvgIpc) is 2.55. The van der Waals surface area contributed by atoms with Crippen molar-refractivity contribution in [2.24, 2.45) is 0 Å². The van der Waals surface area contributed by atoms with E-state index in [1.807, 2.05) is 30.3 Å². The van der Waals surface area contributed by atoms with Gasteiger partial charge < -0.3 is 19.7 Å². The normalized spacial score (nSPS) is 21.4. The molecule has 7 heteroatoms. The summed E-state index contributed by atoms with van der Waals surface area (Å²) < 4.78 is 9.88. The number of likely N-dealkylation sites (N-methyl/N-ethyl adjacent to an activating group) is 1. The third-order valence-corrected chi connectivity index (χ3v) is 3.52. The minimum absolute atomic E-state index is 0.170. The summed E-state index contributed by atoms with van der Waals surface area (Å²) in [5.41, 5.74) is 0.788. The SMILES string of the molecule is COC(=O)CNC(=O)[C@H]1OCC(=O)N(C)[C@@H]1c1ccccc1. The zero-order chi connectivity index (χ0) is 16.1. The first kappa shape index (κ1) is 16.0. The van der Waals surface area contributed by atoms with Crippen LogP contribution in [0.3, 0.4) is 0 Å². The molecule has 1 fully saturated rings. The second-order valence-electron chi connectivity index (χ2n) is 4.89. The molecule has 7 nitrogen and oxygen atoms in total. The lowest BCUT2D eigenvalue weighted by Crippen LogP contribution is -2.53. The topological polar surface area (TPSA) is 84.9 Å². The van der Waals surface area contributed by atoms with Crippen LogP contribution >= 0.6 is 0 Å². The minimum atomic E-state index is -0.880. The van der Waals surface area contributed by atoms with Gasteiger partial charge in [0, 0.05) is 7.05 Å². The quantitative estimate of drug-likeness (QED) is 0.784. The molecule has 1 saturated heterocycles. The van der Waals surface area contributed by atoms with Crippen LogP contribution in [0.5, 0.6) is 0 Å². The Morgan fingerprint density at radius 3 is 2.68 bits per heavy atom. The third kappa shape index (κ3) is 3.43. The van der Waals surface area contributed by atoms with Gasteiger partial charge in [0.1, 0.15) is 13.2 Å². The number of hydrogen-bond acceptors (Lipinski definition) is 5. The molecule has 1 aliphatic rings. The van der Waals surface area contributed by atoms with E-state index < -0.39 is 24.0 Å². The van der Waals surface area contributed by atoms with Crippen molar-refractivity contribution in [3.05, 3.63) is 35.9 Å². The van der Waals surface area contributed by atoms with E-state index in [-0.39, 0.29) is 19.1 Å². The lowest BCUT2D eigenvalue weighted by atomic mass is 9.97. The van der Waals surface area contributed by atoms with Gasteiger partial charge in [-0.1, -0.05) is 30.3 Å². The first-order valence-electron chi connectivity index (χ1n) is 6.81. The van der Waals surface area contributed by atoms with E-state index in [2.05, 4.69) is 10.1 Å². The Morgan fingerprint density at radius 2 is 2.05 bits per heavy atom. The van der Waals surface area contributed by atoms with Crippen LogP contribution < -0.4 is 5.32 Å². The molecule has 1 heterocycles.